The van der Waals surface area contributed by atoms with Gasteiger partial charge in [-0.15, -0.1) is 0 Å². The van der Waals surface area contributed by atoms with Gasteiger partial charge in [-0.3, -0.25) is 0 Å². The van der Waals surface area contributed by atoms with Crippen LogP contribution in [0.1, 0.15) is 27.2 Å². The molecule has 0 N–H and O–H groups in total. The second-order valence-electron chi connectivity index (χ2n) is 5.01. The number of amides is 1. The smallest absolute Gasteiger partial charge is 0.410 e. The number of likely N-dealkylation sites (tertiary alicyclic amines) is 1. The van der Waals surface area contributed by atoms with E-state index < -0.39 is 24.0 Å². The van der Waals surface area contributed by atoms with Gasteiger partial charge in [-0.05, 0) is 27.2 Å². The molecule has 4 nitrogen and oxygen atoms in total. The number of rotatable bonds is 1. The first-order valence-electron chi connectivity index (χ1n) is 5.48. The molecule has 16 heavy (non-hydrogen) atoms. The van der Waals surface area contributed by atoms with Gasteiger partial charge in [0.2, 0.25) is 0 Å². The molecule has 1 amide bonds. The number of nitrogens with zero attached hydrogens (tertiary/aromatic N) is 1. The average molecular weight is 233 g/mol. The van der Waals surface area contributed by atoms with Crippen LogP contribution in [0.25, 0.3) is 0 Å². The first-order valence-corrected chi connectivity index (χ1v) is 5.48. The normalized spacial score (nSPS) is 26.7. The molecule has 0 spiro atoms. The maximum atomic E-state index is 13.5. The Morgan fingerprint density at radius 1 is 1.44 bits per heavy atom. The van der Waals surface area contributed by atoms with E-state index >= 15 is 0 Å². The fourth-order valence-corrected chi connectivity index (χ4v) is 1.64. The minimum atomic E-state index is -1.13. The maximum absolute atomic E-state index is 13.5. The molecule has 1 heterocycles. The van der Waals surface area contributed by atoms with E-state index in [0.29, 0.717) is 13.0 Å². The summed E-state index contributed by atoms with van der Waals surface area (Å²) < 4.78 is 23.7. The highest BCUT2D eigenvalue weighted by Gasteiger charge is 2.33. The number of halogens is 1. The van der Waals surface area contributed by atoms with Gasteiger partial charge in [-0.1, -0.05) is 0 Å². The van der Waals surface area contributed by atoms with Crippen LogP contribution in [0.4, 0.5) is 9.18 Å². The van der Waals surface area contributed by atoms with Crippen LogP contribution in [0.2, 0.25) is 0 Å². The Bertz CT molecular complexity index is 252. The fraction of sp³-hybridized carbons (Fsp3) is 0.909. The molecule has 1 aliphatic heterocycles. The van der Waals surface area contributed by atoms with Crippen LogP contribution < -0.4 is 0 Å². The van der Waals surface area contributed by atoms with Gasteiger partial charge in [0.25, 0.3) is 0 Å². The van der Waals surface area contributed by atoms with Crippen molar-refractivity contribution in [3.8, 4) is 0 Å². The fourth-order valence-electron chi connectivity index (χ4n) is 1.64. The Morgan fingerprint density at radius 3 is 2.50 bits per heavy atom. The van der Waals surface area contributed by atoms with E-state index in [0.717, 1.165) is 0 Å². The van der Waals surface area contributed by atoms with Gasteiger partial charge < -0.3 is 14.4 Å². The second kappa shape index (κ2) is 4.99. The van der Waals surface area contributed by atoms with Crippen molar-refractivity contribution >= 4 is 6.09 Å². The molecule has 1 saturated heterocycles. The van der Waals surface area contributed by atoms with Crippen molar-refractivity contribution in [2.24, 2.45) is 0 Å². The van der Waals surface area contributed by atoms with Gasteiger partial charge in [0.15, 0.2) is 0 Å². The van der Waals surface area contributed by atoms with Crippen molar-refractivity contribution < 1.29 is 18.7 Å². The molecule has 94 valence electrons. The number of carbonyl (C=O) groups excluding carboxylic acids is 1. The van der Waals surface area contributed by atoms with Crippen LogP contribution in [0.5, 0.6) is 0 Å². The third kappa shape index (κ3) is 3.63. The lowest BCUT2D eigenvalue weighted by Crippen LogP contribution is -2.49. The largest absolute Gasteiger partial charge is 0.444 e. The predicted molar refractivity (Wildman–Crippen MR) is 58.1 cm³/mol. The predicted octanol–water partition coefficient (Wildman–Crippen LogP) is 1.98. The van der Waals surface area contributed by atoms with Gasteiger partial charge in [-0.25, -0.2) is 9.18 Å². The third-order valence-corrected chi connectivity index (χ3v) is 2.44. The number of methoxy groups -OCH3 is 1. The second-order valence-corrected chi connectivity index (χ2v) is 5.01. The summed E-state index contributed by atoms with van der Waals surface area (Å²) >= 11 is 0. The van der Waals surface area contributed by atoms with Crippen LogP contribution in [-0.4, -0.2) is 49.1 Å². The van der Waals surface area contributed by atoms with Crippen LogP contribution in [0.15, 0.2) is 0 Å². The zero-order valence-corrected chi connectivity index (χ0v) is 10.3. The topological polar surface area (TPSA) is 38.8 Å². The summed E-state index contributed by atoms with van der Waals surface area (Å²) in [5, 5.41) is 0. The van der Waals surface area contributed by atoms with Gasteiger partial charge in [0.05, 0.1) is 12.6 Å². The SMILES string of the molecule is CO[C@H]1CCN(C(=O)OC(C)(C)C)C[C@H]1F. The van der Waals surface area contributed by atoms with Crippen molar-refractivity contribution in [3.63, 3.8) is 0 Å². The highest BCUT2D eigenvalue weighted by molar-refractivity contribution is 5.68. The van der Waals surface area contributed by atoms with Crippen molar-refractivity contribution in [1.82, 2.24) is 4.90 Å². The summed E-state index contributed by atoms with van der Waals surface area (Å²) in [6.45, 7) is 5.90. The van der Waals surface area contributed by atoms with Crippen molar-refractivity contribution in [3.05, 3.63) is 0 Å². The molecule has 0 aliphatic carbocycles. The Morgan fingerprint density at radius 2 is 2.06 bits per heavy atom. The molecule has 1 rings (SSSR count). The van der Waals surface area contributed by atoms with E-state index in [1.54, 1.807) is 20.8 Å². The standard InChI is InChI=1S/C11H20FNO3/c1-11(2,3)16-10(14)13-6-5-9(15-4)8(12)7-13/h8-9H,5-7H2,1-4H3/t8-,9+/m1/s1. The molecular weight excluding hydrogens is 213 g/mol. The van der Waals surface area contributed by atoms with E-state index in [9.17, 15) is 9.18 Å². The lowest BCUT2D eigenvalue weighted by Gasteiger charge is -2.34. The Balaban J connectivity index is 2.48. The number of ether oxygens (including phenoxy) is 2. The number of hydrogen-bond acceptors (Lipinski definition) is 3. The summed E-state index contributed by atoms with van der Waals surface area (Å²) in [6, 6.07) is 0. The lowest BCUT2D eigenvalue weighted by atomic mass is 10.1. The Hall–Kier alpha value is -0.840. The third-order valence-electron chi connectivity index (χ3n) is 2.44. The highest BCUT2D eigenvalue weighted by Crippen LogP contribution is 2.19. The van der Waals surface area contributed by atoms with Crippen molar-refractivity contribution in [2.45, 2.75) is 45.1 Å². The van der Waals surface area contributed by atoms with Crippen LogP contribution in [0, 0.1) is 0 Å². The van der Waals surface area contributed by atoms with E-state index in [2.05, 4.69) is 0 Å². The minimum absolute atomic E-state index is 0.0490. The Labute approximate surface area is 95.7 Å². The molecule has 2 atom stereocenters. The van der Waals surface area contributed by atoms with E-state index in [1.807, 2.05) is 0 Å². The average Bonchev–Trinajstić information content (AvgIpc) is 2.15. The lowest BCUT2D eigenvalue weighted by molar-refractivity contribution is -0.0340. The number of alkyl halides is 1. The summed E-state index contributed by atoms with van der Waals surface area (Å²) in [5.41, 5.74) is -0.541. The summed E-state index contributed by atoms with van der Waals surface area (Å²) in [7, 11) is 1.49. The molecular formula is C11H20FNO3. The van der Waals surface area contributed by atoms with Gasteiger partial charge in [-0.2, -0.15) is 0 Å². The summed E-state index contributed by atoms with van der Waals surface area (Å²) in [4.78, 5) is 13.0. The van der Waals surface area contributed by atoms with Crippen molar-refractivity contribution in [2.75, 3.05) is 20.2 Å². The number of carbonyl (C=O) groups is 1. The molecule has 1 fully saturated rings. The molecule has 0 aromatic heterocycles. The zero-order chi connectivity index (χ0) is 12.3. The molecule has 0 bridgehead atoms. The molecule has 0 aromatic carbocycles. The first-order chi connectivity index (χ1) is 7.33. The Kier molecular flexibility index (Phi) is 4.13. The molecule has 0 radical (unpaired) electrons. The van der Waals surface area contributed by atoms with Gasteiger partial charge in [0, 0.05) is 13.7 Å². The monoisotopic (exact) mass is 233 g/mol. The number of hydrogen-bond donors (Lipinski definition) is 0. The molecule has 5 heteroatoms. The quantitative estimate of drug-likeness (QED) is 0.695. The number of piperidine rings is 1. The first kappa shape index (κ1) is 13.2. The van der Waals surface area contributed by atoms with Crippen LogP contribution in [-0.2, 0) is 9.47 Å². The van der Waals surface area contributed by atoms with Crippen LogP contribution >= 0.6 is 0 Å². The van der Waals surface area contributed by atoms with Gasteiger partial charge >= 0.3 is 6.09 Å². The van der Waals surface area contributed by atoms with Gasteiger partial charge in [0.1, 0.15) is 11.8 Å². The van der Waals surface area contributed by atoms with Crippen molar-refractivity contribution in [1.29, 1.82) is 0 Å². The molecule has 0 saturated carbocycles. The van der Waals surface area contributed by atoms with E-state index in [-0.39, 0.29) is 6.54 Å². The molecule has 0 unspecified atom stereocenters. The molecule has 1 aliphatic rings. The maximum Gasteiger partial charge on any atom is 0.410 e. The molecule has 0 aromatic rings. The highest BCUT2D eigenvalue weighted by atomic mass is 19.1. The zero-order valence-electron chi connectivity index (χ0n) is 10.3. The van der Waals surface area contributed by atoms with E-state index in [4.69, 9.17) is 9.47 Å². The minimum Gasteiger partial charge on any atom is -0.444 e. The van der Waals surface area contributed by atoms with Crippen LogP contribution in [0.3, 0.4) is 0 Å². The summed E-state index contributed by atoms with van der Waals surface area (Å²) in [5.74, 6) is 0. The van der Waals surface area contributed by atoms with E-state index in [1.165, 1.54) is 12.0 Å². The summed E-state index contributed by atoms with van der Waals surface area (Å²) in [6.07, 6.45) is -1.48.